The molecule has 2 aromatic carbocycles. The summed E-state index contributed by atoms with van der Waals surface area (Å²) < 4.78 is 3.97. The van der Waals surface area contributed by atoms with Crippen LogP contribution in [0.4, 0.5) is 11.4 Å². The quantitative estimate of drug-likeness (QED) is 0.402. The maximum absolute atomic E-state index is 14.0. The summed E-state index contributed by atoms with van der Waals surface area (Å²) in [6, 6.07) is 13.0. The number of nitrogens with one attached hydrogen (secondary N) is 1. The molecule has 3 amide bonds. The van der Waals surface area contributed by atoms with Crippen molar-refractivity contribution >= 4 is 52.2 Å². The number of benzene rings is 2. The van der Waals surface area contributed by atoms with E-state index in [1.54, 1.807) is 36.4 Å². The molecule has 0 aliphatic carbocycles. The first-order valence-electron chi connectivity index (χ1n) is 11.4. The predicted octanol–water partition coefficient (Wildman–Crippen LogP) is 4.90. The number of halogens is 1. The molecule has 1 heterocycles. The van der Waals surface area contributed by atoms with Crippen molar-refractivity contribution in [3.8, 4) is 0 Å². The minimum Gasteiger partial charge on any atom is -0.395 e. The van der Waals surface area contributed by atoms with Crippen molar-refractivity contribution in [1.29, 1.82) is 0 Å². The average molecular weight is 528 g/mol. The lowest BCUT2D eigenvalue weighted by Gasteiger charge is -2.33. The lowest BCUT2D eigenvalue weighted by molar-refractivity contribution is -0.123. The fourth-order valence-corrected chi connectivity index (χ4v) is 4.51. The van der Waals surface area contributed by atoms with Gasteiger partial charge in [0.25, 0.3) is 11.8 Å². The van der Waals surface area contributed by atoms with Crippen LogP contribution in [-0.2, 0) is 4.79 Å². The molecule has 190 valence electrons. The van der Waals surface area contributed by atoms with Gasteiger partial charge in [-0.15, -0.1) is 0 Å². The average Bonchev–Trinajstić information content (AvgIpc) is 3.18. The number of aromatic nitrogens is 1. The van der Waals surface area contributed by atoms with Crippen LogP contribution in [0.3, 0.4) is 0 Å². The third kappa shape index (κ3) is 6.03. The van der Waals surface area contributed by atoms with Crippen molar-refractivity contribution in [2.24, 2.45) is 5.73 Å². The molecule has 0 saturated carbocycles. The Morgan fingerprint density at radius 1 is 1.00 bits per heavy atom. The Hall–Kier alpha value is -3.43. The predicted molar refractivity (Wildman–Crippen MR) is 144 cm³/mol. The van der Waals surface area contributed by atoms with Crippen molar-refractivity contribution in [1.82, 2.24) is 9.69 Å². The summed E-state index contributed by atoms with van der Waals surface area (Å²) in [4.78, 5) is 40.9. The standard InChI is InChI=1S/C26H30ClN5O3S/c1-14(2)15-8-12-18(13-9-15)32(25(35)22-19(28)20(23(29)33)31-36-22)21(24(34)30-26(3,4)5)16-6-10-17(27)11-7-16/h6-14,21H,28H2,1-5H3,(H2,29,33)(H,30,34)/t21-/m1/s1. The number of amides is 3. The summed E-state index contributed by atoms with van der Waals surface area (Å²) >= 11 is 6.87. The molecule has 0 aliphatic rings. The zero-order valence-electron chi connectivity index (χ0n) is 20.8. The number of carbonyl (C=O) groups excluding carboxylic acids is 3. The summed E-state index contributed by atoms with van der Waals surface area (Å²) in [6.45, 7) is 9.69. The molecule has 36 heavy (non-hydrogen) atoms. The third-order valence-electron chi connectivity index (χ3n) is 5.40. The normalized spacial score (nSPS) is 12.3. The Kier molecular flexibility index (Phi) is 8.05. The number of hydrogen-bond donors (Lipinski definition) is 3. The van der Waals surface area contributed by atoms with E-state index in [-0.39, 0.29) is 22.2 Å². The molecule has 0 fully saturated rings. The van der Waals surface area contributed by atoms with Gasteiger partial charge in [-0.2, -0.15) is 4.37 Å². The molecule has 3 rings (SSSR count). The van der Waals surface area contributed by atoms with Crippen LogP contribution in [0.5, 0.6) is 0 Å². The maximum atomic E-state index is 14.0. The summed E-state index contributed by atoms with van der Waals surface area (Å²) in [5.41, 5.74) is 12.7. The van der Waals surface area contributed by atoms with Gasteiger partial charge in [0.15, 0.2) is 5.69 Å². The van der Waals surface area contributed by atoms with E-state index in [1.165, 1.54) is 4.90 Å². The molecule has 1 aromatic heterocycles. The van der Waals surface area contributed by atoms with Gasteiger partial charge < -0.3 is 16.8 Å². The number of nitrogen functional groups attached to an aromatic ring is 1. The first kappa shape index (κ1) is 27.2. The number of primary amides is 1. The number of anilines is 2. The molecule has 0 radical (unpaired) electrons. The summed E-state index contributed by atoms with van der Waals surface area (Å²) in [5, 5.41) is 3.46. The van der Waals surface area contributed by atoms with Gasteiger partial charge in [-0.3, -0.25) is 19.3 Å². The van der Waals surface area contributed by atoms with Gasteiger partial charge in [0.05, 0.1) is 5.69 Å². The summed E-state index contributed by atoms with van der Waals surface area (Å²) in [6.07, 6.45) is 0. The van der Waals surface area contributed by atoms with Crippen molar-refractivity contribution in [2.75, 3.05) is 10.6 Å². The number of nitrogens with zero attached hydrogens (tertiary/aromatic N) is 2. The topological polar surface area (TPSA) is 131 Å². The van der Waals surface area contributed by atoms with E-state index in [4.69, 9.17) is 23.1 Å². The summed E-state index contributed by atoms with van der Waals surface area (Å²) in [5.74, 6) is -1.55. The highest BCUT2D eigenvalue weighted by molar-refractivity contribution is 7.09. The fraction of sp³-hybridized carbons (Fsp3) is 0.308. The zero-order valence-corrected chi connectivity index (χ0v) is 22.4. The Labute approximate surface area is 219 Å². The van der Waals surface area contributed by atoms with Crippen LogP contribution in [0.1, 0.15) is 77.9 Å². The SMILES string of the molecule is CC(C)c1ccc(N(C(=O)c2snc(C(N)=O)c2N)[C@@H](C(=O)NC(C)(C)C)c2ccc(Cl)cc2)cc1. The zero-order chi connectivity index (χ0) is 26.8. The van der Waals surface area contributed by atoms with Gasteiger partial charge >= 0.3 is 0 Å². The highest BCUT2D eigenvalue weighted by atomic mass is 35.5. The summed E-state index contributed by atoms with van der Waals surface area (Å²) in [7, 11) is 0. The first-order chi connectivity index (χ1) is 16.8. The molecular formula is C26H30ClN5O3S. The molecule has 0 bridgehead atoms. The van der Waals surface area contributed by atoms with Crippen molar-refractivity contribution in [3.05, 3.63) is 75.3 Å². The van der Waals surface area contributed by atoms with Crippen LogP contribution in [-0.4, -0.2) is 27.6 Å². The monoisotopic (exact) mass is 527 g/mol. The van der Waals surface area contributed by atoms with Crippen molar-refractivity contribution < 1.29 is 14.4 Å². The molecular weight excluding hydrogens is 498 g/mol. The van der Waals surface area contributed by atoms with Gasteiger partial charge in [0, 0.05) is 16.2 Å². The number of hydrogen-bond acceptors (Lipinski definition) is 6. The smallest absolute Gasteiger partial charge is 0.273 e. The van der Waals surface area contributed by atoms with E-state index < -0.39 is 29.3 Å². The van der Waals surface area contributed by atoms with Gasteiger partial charge in [-0.25, -0.2) is 0 Å². The molecule has 0 spiro atoms. The largest absolute Gasteiger partial charge is 0.395 e. The Bertz CT molecular complexity index is 1260. The molecule has 8 nitrogen and oxygen atoms in total. The van der Waals surface area contributed by atoms with E-state index in [0.29, 0.717) is 16.3 Å². The number of rotatable bonds is 7. The first-order valence-corrected chi connectivity index (χ1v) is 12.5. The minimum absolute atomic E-state index is 0.0132. The fourth-order valence-electron chi connectivity index (χ4n) is 3.64. The van der Waals surface area contributed by atoms with Crippen LogP contribution < -0.4 is 21.7 Å². The van der Waals surface area contributed by atoms with E-state index in [0.717, 1.165) is 17.1 Å². The van der Waals surface area contributed by atoms with Gasteiger partial charge in [0.1, 0.15) is 10.9 Å². The lowest BCUT2D eigenvalue weighted by Crippen LogP contribution is -2.49. The van der Waals surface area contributed by atoms with Crippen LogP contribution in [0.2, 0.25) is 5.02 Å². The Morgan fingerprint density at radius 2 is 1.56 bits per heavy atom. The van der Waals surface area contributed by atoms with E-state index >= 15 is 0 Å². The van der Waals surface area contributed by atoms with Gasteiger partial charge in [0.2, 0.25) is 5.91 Å². The van der Waals surface area contributed by atoms with Crippen LogP contribution >= 0.6 is 23.1 Å². The molecule has 10 heteroatoms. The van der Waals surface area contributed by atoms with Crippen LogP contribution in [0, 0.1) is 0 Å². The molecule has 1 atom stereocenters. The van der Waals surface area contributed by atoms with Gasteiger partial charge in [-0.1, -0.05) is 49.7 Å². The second-order valence-corrected chi connectivity index (χ2v) is 11.0. The van der Waals surface area contributed by atoms with Crippen LogP contribution in [0.15, 0.2) is 48.5 Å². The van der Waals surface area contributed by atoms with Crippen molar-refractivity contribution in [3.63, 3.8) is 0 Å². The maximum Gasteiger partial charge on any atom is 0.273 e. The molecule has 0 saturated heterocycles. The molecule has 3 aromatic rings. The van der Waals surface area contributed by atoms with Gasteiger partial charge in [-0.05, 0) is 73.6 Å². The van der Waals surface area contributed by atoms with E-state index in [9.17, 15) is 14.4 Å². The number of carbonyl (C=O) groups is 3. The van der Waals surface area contributed by atoms with Crippen LogP contribution in [0.25, 0.3) is 0 Å². The second-order valence-electron chi connectivity index (χ2n) is 9.75. The molecule has 0 unspecified atom stereocenters. The lowest BCUT2D eigenvalue weighted by atomic mass is 9.99. The highest BCUT2D eigenvalue weighted by Gasteiger charge is 2.37. The minimum atomic E-state index is -1.07. The van der Waals surface area contributed by atoms with Crippen molar-refractivity contribution in [2.45, 2.75) is 52.1 Å². The highest BCUT2D eigenvalue weighted by Crippen LogP contribution is 2.34. The van der Waals surface area contributed by atoms with E-state index in [2.05, 4.69) is 23.5 Å². The molecule has 5 N–H and O–H groups in total. The third-order valence-corrected chi connectivity index (χ3v) is 6.51. The Morgan fingerprint density at radius 3 is 2.03 bits per heavy atom. The number of nitrogens with two attached hydrogens (primary N) is 2. The van der Waals surface area contributed by atoms with E-state index in [1.807, 2.05) is 32.9 Å². The second kappa shape index (κ2) is 10.7. The Balaban J connectivity index is 2.23. The molecule has 0 aliphatic heterocycles.